The highest BCUT2D eigenvalue weighted by Crippen LogP contribution is 2.56. The van der Waals surface area contributed by atoms with Crippen molar-refractivity contribution >= 4 is 5.57 Å². The third kappa shape index (κ3) is 1.76. The van der Waals surface area contributed by atoms with Crippen LogP contribution in [0, 0.1) is 6.92 Å². The van der Waals surface area contributed by atoms with E-state index in [1.54, 1.807) is 13.0 Å². The summed E-state index contributed by atoms with van der Waals surface area (Å²) in [5.41, 5.74) is 2.55. The Hall–Kier alpha value is -2.78. The molecule has 0 amide bonds. The highest BCUT2D eigenvalue weighted by Gasteiger charge is 2.61. The van der Waals surface area contributed by atoms with Gasteiger partial charge in [0.15, 0.2) is 11.7 Å². The standard InChI is InChI=1S/C18H10F3NO2/c1-10-22-9-15(24-10)12-6-4-8-14-16(12)11-5-2-3-7-13(11)17(14,23)18(19,20)21/h4-9,23H,1H3. The summed E-state index contributed by atoms with van der Waals surface area (Å²) in [6, 6.07) is 4.37. The maximum Gasteiger partial charge on any atom is 0.425 e. The molecule has 1 atom stereocenters. The minimum Gasteiger partial charge on any atom is -0.441 e. The molecule has 0 fully saturated rings. The van der Waals surface area contributed by atoms with E-state index in [2.05, 4.69) is 16.4 Å². The number of nitrogens with zero attached hydrogens (tertiary/aromatic N) is 1. The van der Waals surface area contributed by atoms with Crippen molar-refractivity contribution in [1.82, 2.24) is 4.98 Å². The predicted molar refractivity (Wildman–Crippen MR) is 79.7 cm³/mol. The van der Waals surface area contributed by atoms with Gasteiger partial charge in [-0.15, -0.1) is 0 Å². The second kappa shape index (κ2) is 4.62. The fraction of sp³-hybridized carbons (Fsp3) is 0.167. The summed E-state index contributed by atoms with van der Waals surface area (Å²) in [6.07, 6.45) is -0.907. The average Bonchev–Trinajstić information content (AvgIpc) is 3.09. The molecule has 4 rings (SSSR count). The number of benzene rings is 1. The molecule has 2 aromatic rings. The van der Waals surface area contributed by atoms with Gasteiger partial charge in [0.1, 0.15) is 0 Å². The van der Waals surface area contributed by atoms with Crippen LogP contribution in [0.3, 0.4) is 0 Å². The van der Waals surface area contributed by atoms with Crippen LogP contribution >= 0.6 is 0 Å². The average molecular weight is 329 g/mol. The van der Waals surface area contributed by atoms with Crippen molar-refractivity contribution in [2.75, 3.05) is 0 Å². The van der Waals surface area contributed by atoms with Crippen molar-refractivity contribution in [2.24, 2.45) is 0 Å². The van der Waals surface area contributed by atoms with Crippen LogP contribution in [0.25, 0.3) is 16.9 Å². The molecule has 0 radical (unpaired) electrons. The number of aromatic nitrogens is 1. The van der Waals surface area contributed by atoms with Gasteiger partial charge in [0, 0.05) is 29.2 Å². The van der Waals surface area contributed by atoms with Gasteiger partial charge in [-0.1, -0.05) is 29.7 Å². The van der Waals surface area contributed by atoms with Gasteiger partial charge in [0.05, 0.1) is 6.20 Å². The molecule has 1 aromatic carbocycles. The first-order valence-electron chi connectivity index (χ1n) is 7.12. The fourth-order valence-electron chi connectivity index (χ4n) is 3.18. The summed E-state index contributed by atoms with van der Waals surface area (Å²) in [7, 11) is 0. The minimum absolute atomic E-state index is 0.232. The molecular weight excluding hydrogens is 319 g/mol. The maximum absolute atomic E-state index is 13.7. The zero-order chi connectivity index (χ0) is 17.1. The van der Waals surface area contributed by atoms with E-state index < -0.39 is 11.8 Å². The van der Waals surface area contributed by atoms with E-state index in [4.69, 9.17) is 4.42 Å². The molecule has 3 nitrogen and oxygen atoms in total. The molecule has 0 aliphatic heterocycles. The second-order valence-corrected chi connectivity index (χ2v) is 5.58. The van der Waals surface area contributed by atoms with Gasteiger partial charge in [-0.2, -0.15) is 13.2 Å². The van der Waals surface area contributed by atoms with E-state index >= 15 is 0 Å². The van der Waals surface area contributed by atoms with E-state index in [1.807, 2.05) is 0 Å². The van der Waals surface area contributed by atoms with Crippen LogP contribution in [0.5, 0.6) is 0 Å². The maximum atomic E-state index is 13.7. The molecule has 6 heteroatoms. The van der Waals surface area contributed by atoms with E-state index in [-0.39, 0.29) is 22.3 Å². The van der Waals surface area contributed by atoms with Crippen molar-refractivity contribution in [1.29, 1.82) is 0 Å². The van der Waals surface area contributed by atoms with Crippen LogP contribution in [0.2, 0.25) is 0 Å². The monoisotopic (exact) mass is 329 g/mol. The highest BCUT2D eigenvalue weighted by atomic mass is 19.4. The number of allylic oxidation sites excluding steroid dienone is 2. The molecular formula is C18H10F3NO2. The van der Waals surface area contributed by atoms with E-state index in [9.17, 15) is 18.3 Å². The number of aryl methyl sites for hydroxylation is 1. The third-order valence-electron chi connectivity index (χ3n) is 4.22. The second-order valence-electron chi connectivity index (χ2n) is 5.58. The number of fused-ring (bicyclic) bond motifs is 2. The van der Waals surface area contributed by atoms with Crippen molar-refractivity contribution in [2.45, 2.75) is 18.7 Å². The smallest absolute Gasteiger partial charge is 0.425 e. The SMILES string of the molecule is Cc1ncc(-c2cccc3c2C2=C(C=C=C=C2)C3(O)C(F)(F)F)o1. The lowest BCUT2D eigenvalue weighted by Crippen LogP contribution is -2.42. The lowest BCUT2D eigenvalue weighted by atomic mass is 9.88. The van der Waals surface area contributed by atoms with Gasteiger partial charge in [0.2, 0.25) is 5.60 Å². The number of hydrogen-bond donors (Lipinski definition) is 1. The van der Waals surface area contributed by atoms with Gasteiger partial charge < -0.3 is 9.52 Å². The summed E-state index contributed by atoms with van der Waals surface area (Å²) in [5, 5.41) is 10.6. The summed E-state index contributed by atoms with van der Waals surface area (Å²) < 4.78 is 46.7. The van der Waals surface area contributed by atoms with E-state index in [0.717, 1.165) is 6.08 Å². The molecule has 0 saturated carbocycles. The normalized spacial score (nSPS) is 21.4. The van der Waals surface area contributed by atoms with Crippen LogP contribution in [0.15, 0.2) is 58.0 Å². The van der Waals surface area contributed by atoms with Crippen LogP contribution in [-0.2, 0) is 5.60 Å². The molecule has 2 aliphatic carbocycles. The predicted octanol–water partition coefficient (Wildman–Crippen LogP) is 4.05. The number of alkyl halides is 3. The zero-order valence-corrected chi connectivity index (χ0v) is 12.4. The molecule has 0 saturated heterocycles. The Morgan fingerprint density at radius 3 is 2.62 bits per heavy atom. The number of hydrogen-bond acceptors (Lipinski definition) is 3. The third-order valence-corrected chi connectivity index (χ3v) is 4.22. The first-order valence-corrected chi connectivity index (χ1v) is 7.12. The topological polar surface area (TPSA) is 46.3 Å². The Morgan fingerprint density at radius 1 is 1.21 bits per heavy atom. The van der Waals surface area contributed by atoms with E-state index in [0.29, 0.717) is 17.2 Å². The van der Waals surface area contributed by atoms with E-state index in [1.165, 1.54) is 24.4 Å². The molecule has 0 spiro atoms. The zero-order valence-electron chi connectivity index (χ0n) is 12.4. The molecule has 24 heavy (non-hydrogen) atoms. The van der Waals surface area contributed by atoms with Crippen molar-refractivity contribution < 1.29 is 22.7 Å². The Labute approximate surface area is 134 Å². The van der Waals surface area contributed by atoms with Gasteiger partial charge in [-0.05, 0) is 17.7 Å². The van der Waals surface area contributed by atoms with Crippen molar-refractivity contribution in [3.63, 3.8) is 0 Å². The quantitative estimate of drug-likeness (QED) is 0.803. The number of rotatable bonds is 1. The van der Waals surface area contributed by atoms with Crippen LogP contribution in [0.1, 0.15) is 17.0 Å². The van der Waals surface area contributed by atoms with Crippen LogP contribution < -0.4 is 0 Å². The number of aliphatic hydroxyl groups is 1. The number of oxazole rings is 1. The first kappa shape index (κ1) is 14.8. The minimum atomic E-state index is -4.88. The molecule has 1 unspecified atom stereocenters. The van der Waals surface area contributed by atoms with Gasteiger partial charge in [0.25, 0.3) is 0 Å². The molecule has 1 N–H and O–H groups in total. The van der Waals surface area contributed by atoms with Crippen LogP contribution in [-0.4, -0.2) is 16.3 Å². The molecule has 0 bridgehead atoms. The molecule has 2 aliphatic rings. The first-order chi connectivity index (χ1) is 11.3. The molecule has 1 heterocycles. The lowest BCUT2D eigenvalue weighted by molar-refractivity contribution is -0.247. The lowest BCUT2D eigenvalue weighted by Gasteiger charge is -2.29. The Kier molecular flexibility index (Phi) is 2.85. The summed E-state index contributed by atoms with van der Waals surface area (Å²) in [4.78, 5) is 3.99. The Morgan fingerprint density at radius 2 is 1.96 bits per heavy atom. The Balaban J connectivity index is 2.08. The fourth-order valence-corrected chi connectivity index (χ4v) is 3.18. The summed E-state index contributed by atoms with van der Waals surface area (Å²) in [5.74, 6) is 0.745. The summed E-state index contributed by atoms with van der Waals surface area (Å²) in [6.45, 7) is 1.65. The Bertz CT molecular complexity index is 1000. The van der Waals surface area contributed by atoms with Crippen molar-refractivity contribution in [3.8, 4) is 11.3 Å². The largest absolute Gasteiger partial charge is 0.441 e. The molecule has 120 valence electrons. The highest BCUT2D eigenvalue weighted by molar-refractivity contribution is 5.94. The van der Waals surface area contributed by atoms with Crippen LogP contribution in [0.4, 0.5) is 13.2 Å². The number of halogens is 3. The van der Waals surface area contributed by atoms with Crippen molar-refractivity contribution in [3.05, 3.63) is 70.6 Å². The summed E-state index contributed by atoms with van der Waals surface area (Å²) >= 11 is 0. The molecule has 1 aromatic heterocycles. The van der Waals surface area contributed by atoms with Gasteiger partial charge >= 0.3 is 6.18 Å². The van der Waals surface area contributed by atoms with Gasteiger partial charge in [-0.3, -0.25) is 0 Å². The van der Waals surface area contributed by atoms with Gasteiger partial charge in [-0.25, -0.2) is 4.98 Å².